The second-order valence-electron chi connectivity index (χ2n) is 9.72. The maximum atomic E-state index is 13.2. The maximum absolute atomic E-state index is 13.2. The Hall–Kier alpha value is -3.81. The van der Waals surface area contributed by atoms with E-state index in [0.29, 0.717) is 19.8 Å². The van der Waals surface area contributed by atoms with Crippen molar-refractivity contribution >= 4 is 5.97 Å². The number of ether oxygens (including phenoxy) is 5. The van der Waals surface area contributed by atoms with Gasteiger partial charge < -0.3 is 23.7 Å². The van der Waals surface area contributed by atoms with Gasteiger partial charge in [0.05, 0.1) is 33.0 Å². The third kappa shape index (κ3) is 7.87. The van der Waals surface area contributed by atoms with Gasteiger partial charge in [-0.15, -0.1) is 0 Å². The lowest BCUT2D eigenvalue weighted by Crippen LogP contribution is -2.44. The van der Waals surface area contributed by atoms with E-state index in [-0.39, 0.29) is 13.2 Å². The Balaban J connectivity index is 1.33. The molecule has 0 aromatic heterocycles. The fourth-order valence-electron chi connectivity index (χ4n) is 4.62. The van der Waals surface area contributed by atoms with Crippen LogP contribution in [-0.4, -0.2) is 37.0 Å². The standard InChI is InChI=1S/C34H34O6/c35-34-33(39-24-29-19-11-4-12-20-29)32(38-23-28-17-9-3-10-18-28)31(40-34)30(37-22-27-15-7-2-8-16-27)25-36-21-26-13-5-1-6-14-26/h1-20,30-33H,21-25H2/t30?,31-,32-,33+/m0/s1. The largest absolute Gasteiger partial charge is 0.455 e. The predicted molar refractivity (Wildman–Crippen MR) is 151 cm³/mol. The molecule has 0 aliphatic carbocycles. The van der Waals surface area contributed by atoms with Gasteiger partial charge in [-0.25, -0.2) is 4.79 Å². The van der Waals surface area contributed by atoms with Crippen LogP contribution in [-0.2, 0) is 54.9 Å². The first-order valence-corrected chi connectivity index (χ1v) is 13.5. The molecular weight excluding hydrogens is 504 g/mol. The molecule has 6 heteroatoms. The summed E-state index contributed by atoms with van der Waals surface area (Å²) in [6.45, 7) is 1.54. The normalized spacial score (nSPS) is 19.3. The van der Waals surface area contributed by atoms with Crippen molar-refractivity contribution in [2.75, 3.05) is 6.61 Å². The van der Waals surface area contributed by atoms with Gasteiger partial charge in [0.25, 0.3) is 0 Å². The van der Waals surface area contributed by atoms with E-state index in [4.69, 9.17) is 23.7 Å². The van der Waals surface area contributed by atoms with Gasteiger partial charge in [0.1, 0.15) is 12.2 Å². The first-order chi connectivity index (χ1) is 19.8. The van der Waals surface area contributed by atoms with Crippen molar-refractivity contribution in [1.29, 1.82) is 0 Å². The quantitative estimate of drug-likeness (QED) is 0.187. The molecule has 0 N–H and O–H groups in total. The molecule has 6 nitrogen and oxygen atoms in total. The summed E-state index contributed by atoms with van der Waals surface area (Å²) in [6, 6.07) is 39.4. The van der Waals surface area contributed by atoms with Crippen LogP contribution in [0.1, 0.15) is 22.3 Å². The van der Waals surface area contributed by atoms with Crippen molar-refractivity contribution in [3.8, 4) is 0 Å². The van der Waals surface area contributed by atoms with E-state index in [1.165, 1.54) is 0 Å². The fourth-order valence-corrected chi connectivity index (χ4v) is 4.62. The lowest BCUT2D eigenvalue weighted by molar-refractivity contribution is -0.158. The van der Waals surface area contributed by atoms with Crippen LogP contribution in [0.25, 0.3) is 0 Å². The van der Waals surface area contributed by atoms with Crippen LogP contribution in [0.2, 0.25) is 0 Å². The summed E-state index contributed by atoms with van der Waals surface area (Å²) in [5, 5.41) is 0. The molecular formula is C34H34O6. The number of carbonyl (C=O) groups excluding carboxylic acids is 1. The smallest absolute Gasteiger partial charge is 0.338 e. The molecule has 0 amide bonds. The monoisotopic (exact) mass is 538 g/mol. The van der Waals surface area contributed by atoms with Gasteiger partial charge in [0.2, 0.25) is 0 Å². The molecule has 0 bridgehead atoms. The summed E-state index contributed by atoms with van der Waals surface area (Å²) in [5.41, 5.74) is 4.01. The highest BCUT2D eigenvalue weighted by Crippen LogP contribution is 2.29. The van der Waals surface area contributed by atoms with E-state index < -0.39 is 30.4 Å². The van der Waals surface area contributed by atoms with E-state index in [0.717, 1.165) is 22.3 Å². The SMILES string of the molecule is O=C1O[C@@H](C(COCc2ccccc2)OCc2ccccc2)[C@H](OCc2ccccc2)[C@H]1OCc1ccccc1. The number of rotatable bonds is 14. The van der Waals surface area contributed by atoms with E-state index in [9.17, 15) is 4.79 Å². The Morgan fingerprint density at radius 1 is 0.575 bits per heavy atom. The molecule has 1 aliphatic heterocycles. The zero-order valence-electron chi connectivity index (χ0n) is 22.3. The molecule has 0 radical (unpaired) electrons. The molecule has 1 heterocycles. The Morgan fingerprint density at radius 3 is 1.55 bits per heavy atom. The summed E-state index contributed by atoms with van der Waals surface area (Å²) in [6.07, 6.45) is -2.86. The highest BCUT2D eigenvalue weighted by molar-refractivity contribution is 5.78. The van der Waals surface area contributed by atoms with Gasteiger partial charge in [0, 0.05) is 0 Å². The average molecular weight is 539 g/mol. The van der Waals surface area contributed by atoms with E-state index in [2.05, 4.69) is 0 Å². The van der Waals surface area contributed by atoms with E-state index in [1.807, 2.05) is 121 Å². The van der Waals surface area contributed by atoms with Crippen LogP contribution in [0.15, 0.2) is 121 Å². The molecule has 0 saturated carbocycles. The molecule has 1 saturated heterocycles. The van der Waals surface area contributed by atoms with Gasteiger partial charge in [-0.1, -0.05) is 121 Å². The molecule has 206 valence electrons. The van der Waals surface area contributed by atoms with Gasteiger partial charge in [-0.2, -0.15) is 0 Å². The zero-order chi connectivity index (χ0) is 27.4. The highest BCUT2D eigenvalue weighted by atomic mass is 16.6. The van der Waals surface area contributed by atoms with Crippen LogP contribution in [0, 0.1) is 0 Å². The maximum Gasteiger partial charge on any atom is 0.338 e. The van der Waals surface area contributed by atoms with Gasteiger partial charge in [-0.3, -0.25) is 0 Å². The number of cyclic esters (lactones) is 1. The molecule has 1 aliphatic rings. The summed E-state index contributed by atoms with van der Waals surface area (Å²) >= 11 is 0. The third-order valence-electron chi connectivity index (χ3n) is 6.73. The molecule has 40 heavy (non-hydrogen) atoms. The second-order valence-corrected chi connectivity index (χ2v) is 9.72. The van der Waals surface area contributed by atoms with Crippen LogP contribution in [0.3, 0.4) is 0 Å². The first kappa shape index (κ1) is 27.7. The Bertz CT molecular complexity index is 1280. The van der Waals surface area contributed by atoms with Gasteiger partial charge in [0.15, 0.2) is 12.2 Å². The minimum absolute atomic E-state index is 0.219. The minimum Gasteiger partial charge on any atom is -0.455 e. The topological polar surface area (TPSA) is 63.2 Å². The van der Waals surface area contributed by atoms with Crippen LogP contribution < -0.4 is 0 Å². The molecule has 1 unspecified atom stereocenters. The Kier molecular flexibility index (Phi) is 10.1. The van der Waals surface area contributed by atoms with Crippen LogP contribution in [0.5, 0.6) is 0 Å². The molecule has 4 aromatic rings. The Morgan fingerprint density at radius 2 is 1.02 bits per heavy atom. The number of hydrogen-bond donors (Lipinski definition) is 0. The van der Waals surface area contributed by atoms with Crippen LogP contribution >= 0.6 is 0 Å². The molecule has 0 spiro atoms. The van der Waals surface area contributed by atoms with Crippen molar-refractivity contribution in [3.63, 3.8) is 0 Å². The minimum atomic E-state index is -0.897. The second kappa shape index (κ2) is 14.5. The molecule has 1 fully saturated rings. The van der Waals surface area contributed by atoms with E-state index in [1.54, 1.807) is 0 Å². The summed E-state index contributed by atoms with van der Waals surface area (Å²) < 4.78 is 30.8. The lowest BCUT2D eigenvalue weighted by Gasteiger charge is -2.28. The van der Waals surface area contributed by atoms with Gasteiger partial charge in [-0.05, 0) is 22.3 Å². The summed E-state index contributed by atoms with van der Waals surface area (Å²) in [7, 11) is 0. The number of carbonyl (C=O) groups is 1. The lowest BCUT2D eigenvalue weighted by atomic mass is 10.1. The van der Waals surface area contributed by atoms with Crippen LogP contribution in [0.4, 0.5) is 0 Å². The summed E-state index contributed by atoms with van der Waals surface area (Å²) in [4.78, 5) is 13.2. The average Bonchev–Trinajstić information content (AvgIpc) is 3.33. The van der Waals surface area contributed by atoms with Gasteiger partial charge >= 0.3 is 5.97 Å². The number of benzene rings is 4. The predicted octanol–water partition coefficient (Wildman–Crippen LogP) is 5.88. The first-order valence-electron chi connectivity index (χ1n) is 13.5. The van der Waals surface area contributed by atoms with Crippen molar-refractivity contribution in [1.82, 2.24) is 0 Å². The number of esters is 1. The van der Waals surface area contributed by atoms with Crippen molar-refractivity contribution in [3.05, 3.63) is 144 Å². The summed E-state index contributed by atoms with van der Waals surface area (Å²) in [5.74, 6) is -0.463. The molecule has 4 atom stereocenters. The molecule has 5 rings (SSSR count). The Labute approximate surface area is 235 Å². The zero-order valence-corrected chi connectivity index (χ0v) is 22.3. The number of hydrogen-bond acceptors (Lipinski definition) is 6. The molecule has 4 aromatic carbocycles. The fraction of sp³-hybridized carbons (Fsp3) is 0.265. The van der Waals surface area contributed by atoms with Crippen molar-refractivity contribution in [2.45, 2.75) is 50.8 Å². The van der Waals surface area contributed by atoms with Crippen molar-refractivity contribution < 1.29 is 28.5 Å². The van der Waals surface area contributed by atoms with E-state index >= 15 is 0 Å². The third-order valence-corrected chi connectivity index (χ3v) is 6.73. The van der Waals surface area contributed by atoms with Crippen molar-refractivity contribution in [2.24, 2.45) is 0 Å². The highest BCUT2D eigenvalue weighted by Gasteiger charge is 2.50.